The molecule has 2 heterocycles. The highest BCUT2D eigenvalue weighted by molar-refractivity contribution is 9.09. The Bertz CT molecular complexity index is 601. The van der Waals surface area contributed by atoms with Crippen molar-refractivity contribution in [3.8, 4) is 0 Å². The van der Waals surface area contributed by atoms with Gasteiger partial charge in [-0.1, -0.05) is 28.9 Å². The summed E-state index contributed by atoms with van der Waals surface area (Å²) in [5.74, 6) is -0.220. The number of ether oxygens (including phenoxy) is 1. The standard InChI is InChI=1S/C17H21BrO4/c1-15(5-4-11(20)21)10(19)3-6-17-7-9-12(18)13(14(15)17)22-16(9,2)8-17/h3,6,9,12-14H,4-5,7-8H2,1-2H3,(H,20,21)/t9?,12-,13?,14?,15?,16?,17?/m0/s1. The number of halogens is 1. The van der Waals surface area contributed by atoms with E-state index in [4.69, 9.17) is 9.84 Å². The number of alkyl halides is 1. The minimum Gasteiger partial charge on any atom is -0.481 e. The summed E-state index contributed by atoms with van der Waals surface area (Å²) in [7, 11) is 0. The van der Waals surface area contributed by atoms with Crippen LogP contribution >= 0.6 is 15.9 Å². The van der Waals surface area contributed by atoms with E-state index in [2.05, 4.69) is 28.9 Å². The summed E-state index contributed by atoms with van der Waals surface area (Å²) in [5.41, 5.74) is -0.734. The molecule has 0 aromatic heterocycles. The Morgan fingerprint density at radius 3 is 2.86 bits per heavy atom. The van der Waals surface area contributed by atoms with Crippen molar-refractivity contribution in [2.45, 2.75) is 56.1 Å². The van der Waals surface area contributed by atoms with Gasteiger partial charge in [0.15, 0.2) is 5.78 Å². The number of ketones is 1. The second-order valence-electron chi connectivity index (χ2n) is 8.05. The Labute approximate surface area is 138 Å². The van der Waals surface area contributed by atoms with Gasteiger partial charge in [0.25, 0.3) is 0 Å². The van der Waals surface area contributed by atoms with Crippen LogP contribution in [0.15, 0.2) is 12.2 Å². The first kappa shape index (κ1) is 14.9. The van der Waals surface area contributed by atoms with Gasteiger partial charge in [0.1, 0.15) is 0 Å². The van der Waals surface area contributed by atoms with Crippen LogP contribution in [-0.4, -0.2) is 33.4 Å². The molecule has 7 atom stereocenters. The molecule has 0 aromatic carbocycles. The minimum absolute atomic E-state index is 0.00481. The zero-order chi connectivity index (χ0) is 15.9. The molecule has 5 aliphatic rings. The Morgan fingerprint density at radius 2 is 2.23 bits per heavy atom. The second-order valence-corrected chi connectivity index (χ2v) is 9.10. The minimum atomic E-state index is -0.840. The highest BCUT2D eigenvalue weighted by Gasteiger charge is 2.74. The predicted molar refractivity (Wildman–Crippen MR) is 83.8 cm³/mol. The van der Waals surface area contributed by atoms with Crippen LogP contribution in [0.5, 0.6) is 0 Å². The second kappa shape index (κ2) is 4.23. The fourth-order valence-electron chi connectivity index (χ4n) is 5.94. The molecule has 4 nitrogen and oxygen atoms in total. The van der Waals surface area contributed by atoms with E-state index in [0.717, 1.165) is 12.8 Å². The quantitative estimate of drug-likeness (QED) is 0.777. The van der Waals surface area contributed by atoms with Crippen molar-refractivity contribution < 1.29 is 19.4 Å². The summed E-state index contributed by atoms with van der Waals surface area (Å²) >= 11 is 3.82. The Morgan fingerprint density at radius 1 is 1.50 bits per heavy atom. The molecule has 1 spiro atoms. The van der Waals surface area contributed by atoms with E-state index in [1.807, 2.05) is 6.92 Å². The molecular weight excluding hydrogens is 348 g/mol. The molecule has 6 unspecified atom stereocenters. The Hall–Kier alpha value is -0.680. The topological polar surface area (TPSA) is 63.6 Å². The van der Waals surface area contributed by atoms with Crippen molar-refractivity contribution in [2.24, 2.45) is 22.7 Å². The third kappa shape index (κ3) is 1.62. The first-order valence-corrected chi connectivity index (χ1v) is 8.91. The summed E-state index contributed by atoms with van der Waals surface area (Å²) < 4.78 is 6.39. The van der Waals surface area contributed by atoms with Crippen LogP contribution in [0.3, 0.4) is 0 Å². The predicted octanol–water partition coefficient (Wildman–Crippen LogP) is 2.94. The third-order valence-electron chi connectivity index (χ3n) is 6.79. The average Bonchev–Trinajstić information content (AvgIpc) is 2.77. The van der Waals surface area contributed by atoms with Crippen LogP contribution < -0.4 is 0 Å². The highest BCUT2D eigenvalue weighted by Crippen LogP contribution is 2.72. The lowest BCUT2D eigenvalue weighted by Gasteiger charge is -2.55. The van der Waals surface area contributed by atoms with E-state index in [9.17, 15) is 9.59 Å². The molecular formula is C17H21BrO4. The third-order valence-corrected chi connectivity index (χ3v) is 7.95. The monoisotopic (exact) mass is 368 g/mol. The molecule has 1 N–H and O–H groups in total. The van der Waals surface area contributed by atoms with Gasteiger partial charge < -0.3 is 9.84 Å². The Balaban J connectivity index is 1.78. The fourth-order valence-corrected chi connectivity index (χ4v) is 7.10. The lowest BCUT2D eigenvalue weighted by Crippen LogP contribution is -2.58. The maximum atomic E-state index is 12.7. The number of carbonyl (C=O) groups is 2. The molecule has 2 saturated heterocycles. The molecule has 2 aliphatic heterocycles. The number of carboxylic acid groups (broad SMARTS) is 1. The number of hydrogen-bond donors (Lipinski definition) is 1. The van der Waals surface area contributed by atoms with Gasteiger partial charge in [-0.2, -0.15) is 0 Å². The summed E-state index contributed by atoms with van der Waals surface area (Å²) in [5, 5.41) is 9.07. The average molecular weight is 369 g/mol. The normalized spacial score (nSPS) is 54.8. The summed E-state index contributed by atoms with van der Waals surface area (Å²) in [6.45, 7) is 4.14. The zero-order valence-electron chi connectivity index (χ0n) is 12.8. The first-order chi connectivity index (χ1) is 10.2. The van der Waals surface area contributed by atoms with Gasteiger partial charge in [-0.25, -0.2) is 0 Å². The molecule has 4 fully saturated rings. The van der Waals surface area contributed by atoms with Crippen LogP contribution in [0, 0.1) is 22.7 Å². The van der Waals surface area contributed by atoms with Gasteiger partial charge >= 0.3 is 5.97 Å². The summed E-state index contributed by atoms with van der Waals surface area (Å²) in [6.07, 6.45) is 6.24. The Kier molecular flexibility index (Phi) is 2.87. The van der Waals surface area contributed by atoms with Crippen LogP contribution in [0.1, 0.15) is 39.5 Å². The number of hydrogen-bond acceptors (Lipinski definition) is 3. The molecule has 5 rings (SSSR count). The molecule has 4 bridgehead atoms. The van der Waals surface area contributed by atoms with Crippen LogP contribution in [0.2, 0.25) is 0 Å². The van der Waals surface area contributed by atoms with Gasteiger partial charge in [0, 0.05) is 28.5 Å². The summed E-state index contributed by atoms with van der Waals surface area (Å²) in [4.78, 5) is 24.0. The number of carboxylic acids is 1. The molecule has 5 heteroatoms. The lowest BCUT2D eigenvalue weighted by atomic mass is 9.51. The summed E-state index contributed by atoms with van der Waals surface area (Å²) in [6, 6.07) is 0. The van der Waals surface area contributed by atoms with Crippen molar-refractivity contribution in [2.75, 3.05) is 0 Å². The number of aliphatic carboxylic acids is 1. The van der Waals surface area contributed by atoms with Crippen molar-refractivity contribution >= 4 is 27.7 Å². The van der Waals surface area contributed by atoms with E-state index in [1.165, 1.54) is 0 Å². The maximum Gasteiger partial charge on any atom is 0.303 e. The van der Waals surface area contributed by atoms with Gasteiger partial charge in [0.05, 0.1) is 11.7 Å². The lowest BCUT2D eigenvalue weighted by molar-refractivity contribution is -0.169. The van der Waals surface area contributed by atoms with E-state index < -0.39 is 11.4 Å². The van der Waals surface area contributed by atoms with Crippen LogP contribution in [0.4, 0.5) is 0 Å². The van der Waals surface area contributed by atoms with Gasteiger partial charge in [-0.15, -0.1) is 0 Å². The largest absolute Gasteiger partial charge is 0.481 e. The van der Waals surface area contributed by atoms with E-state index >= 15 is 0 Å². The first-order valence-electron chi connectivity index (χ1n) is 7.99. The van der Waals surface area contributed by atoms with Crippen molar-refractivity contribution in [1.82, 2.24) is 0 Å². The molecule has 22 heavy (non-hydrogen) atoms. The molecule has 0 amide bonds. The molecule has 2 saturated carbocycles. The van der Waals surface area contributed by atoms with Gasteiger partial charge in [-0.3, -0.25) is 9.59 Å². The number of carbonyl (C=O) groups excluding carboxylic acids is 1. The SMILES string of the molecule is CC12CC34C=CC(=O)C(C)(CCC(=O)O)C3C(O1)[C@@H](Br)C2C4. The van der Waals surface area contributed by atoms with E-state index in [0.29, 0.717) is 12.3 Å². The number of allylic oxidation sites excluding steroid dienone is 2. The van der Waals surface area contributed by atoms with Crippen molar-refractivity contribution in [1.29, 1.82) is 0 Å². The van der Waals surface area contributed by atoms with Crippen LogP contribution in [0.25, 0.3) is 0 Å². The smallest absolute Gasteiger partial charge is 0.303 e. The molecule has 0 aromatic rings. The molecule has 0 radical (unpaired) electrons. The molecule has 120 valence electrons. The fraction of sp³-hybridized carbons (Fsp3) is 0.765. The molecule has 3 aliphatic carbocycles. The maximum absolute atomic E-state index is 12.7. The zero-order valence-corrected chi connectivity index (χ0v) is 14.4. The van der Waals surface area contributed by atoms with Crippen LogP contribution in [-0.2, 0) is 14.3 Å². The van der Waals surface area contributed by atoms with Crippen molar-refractivity contribution in [3.05, 3.63) is 12.2 Å². The van der Waals surface area contributed by atoms with Gasteiger partial charge in [0.2, 0.25) is 0 Å². The highest BCUT2D eigenvalue weighted by atomic mass is 79.9. The van der Waals surface area contributed by atoms with E-state index in [1.54, 1.807) is 6.08 Å². The number of rotatable bonds is 3. The van der Waals surface area contributed by atoms with Gasteiger partial charge in [-0.05, 0) is 37.7 Å². The van der Waals surface area contributed by atoms with E-state index in [-0.39, 0.29) is 40.1 Å². The van der Waals surface area contributed by atoms with Crippen molar-refractivity contribution in [3.63, 3.8) is 0 Å².